The van der Waals surface area contributed by atoms with Gasteiger partial charge in [0.2, 0.25) is 0 Å². The second kappa shape index (κ2) is 15.8. The van der Waals surface area contributed by atoms with Crippen molar-refractivity contribution >= 4 is 18.9 Å². The van der Waals surface area contributed by atoms with Gasteiger partial charge in [0.1, 0.15) is 11.5 Å². The maximum atomic E-state index is 5.61. The average molecular weight is 388 g/mol. The fraction of sp³-hybridized carbons (Fsp3) is 0.684. The van der Waals surface area contributed by atoms with Crippen LogP contribution in [0.5, 0.6) is 11.5 Å². The zero-order chi connectivity index (χ0) is 18.2. The smallest absolute Gasteiger partial charge is 0.125 e. The summed E-state index contributed by atoms with van der Waals surface area (Å²) in [6.45, 7) is 5.32. The summed E-state index contributed by atoms with van der Waals surface area (Å²) in [5.41, 5.74) is 1.19. The van der Waals surface area contributed by atoms with Crippen LogP contribution in [0, 0.1) is 0 Å². The molecule has 0 saturated carbocycles. The van der Waals surface area contributed by atoms with Gasteiger partial charge >= 0.3 is 0 Å². The molecule has 1 rings (SSSR count). The summed E-state index contributed by atoms with van der Waals surface area (Å²) in [5.74, 6) is 1.74. The third-order valence-electron chi connectivity index (χ3n) is 4.04. The van der Waals surface area contributed by atoms with Gasteiger partial charge in [0.05, 0.1) is 32.1 Å². The molecular weight excluding hydrogens is 354 g/mol. The molecule has 0 bridgehead atoms. The molecule has 0 amide bonds. The van der Waals surface area contributed by atoms with Crippen LogP contribution in [0.25, 0.3) is 0 Å². The summed E-state index contributed by atoms with van der Waals surface area (Å²) < 4.78 is 21.7. The third kappa shape index (κ3) is 11.0. The molecule has 144 valence electrons. The highest BCUT2D eigenvalue weighted by Gasteiger charge is 2.05. The van der Waals surface area contributed by atoms with E-state index in [-0.39, 0.29) is 0 Å². The van der Waals surface area contributed by atoms with E-state index in [1.807, 2.05) is 18.2 Å². The molecule has 0 N–H and O–H groups in total. The van der Waals surface area contributed by atoms with Gasteiger partial charge in [0, 0.05) is 13.2 Å². The van der Waals surface area contributed by atoms with Gasteiger partial charge in [-0.2, -0.15) is 0 Å². The Morgan fingerprint density at radius 2 is 1.44 bits per heavy atom. The Labute approximate surface area is 157 Å². The van der Waals surface area contributed by atoms with Gasteiger partial charge in [0.15, 0.2) is 0 Å². The molecule has 0 aliphatic rings. The largest absolute Gasteiger partial charge is 0.480 e. The number of hydrogen-bond donors (Lipinski definition) is 0. The van der Waals surface area contributed by atoms with Crippen molar-refractivity contribution < 1.29 is 18.5 Å². The van der Waals surface area contributed by atoms with Crippen molar-refractivity contribution in [2.45, 2.75) is 58.3 Å². The Kier molecular flexibility index (Phi) is 14.3. The van der Waals surface area contributed by atoms with E-state index in [4.69, 9.17) is 18.5 Å². The van der Waals surface area contributed by atoms with Gasteiger partial charge in [0.25, 0.3) is 0 Å². The fourth-order valence-electron chi connectivity index (χ4n) is 2.59. The Hall–Kier alpha value is -0.400. The quantitative estimate of drug-likeness (QED) is 0.283. The van der Waals surface area contributed by atoms with Crippen molar-refractivity contribution in [3.63, 3.8) is 0 Å². The van der Waals surface area contributed by atoms with Crippen LogP contribution < -0.4 is 9.05 Å². The van der Waals surface area contributed by atoms with Crippen molar-refractivity contribution in [3.8, 4) is 11.5 Å². The van der Waals surface area contributed by atoms with Gasteiger partial charge < -0.3 is 18.5 Å². The Morgan fingerprint density at radius 1 is 0.760 bits per heavy atom. The minimum Gasteiger partial charge on any atom is -0.480 e. The van der Waals surface area contributed by atoms with Crippen molar-refractivity contribution in [1.82, 2.24) is 0 Å². The van der Waals surface area contributed by atoms with Crippen LogP contribution in [0.2, 0.25) is 0 Å². The van der Waals surface area contributed by atoms with Crippen molar-refractivity contribution in [2.75, 3.05) is 26.4 Å². The molecule has 2 atom stereocenters. The van der Waals surface area contributed by atoms with Crippen LogP contribution in [0.1, 0.15) is 57.4 Å². The summed E-state index contributed by atoms with van der Waals surface area (Å²) in [5, 5.41) is 0. The molecule has 4 nitrogen and oxygen atoms in total. The third-order valence-corrected chi connectivity index (χ3v) is 4.57. The first-order valence-corrected chi connectivity index (χ1v) is 10.3. The Morgan fingerprint density at radius 3 is 2.08 bits per heavy atom. The molecule has 0 spiro atoms. The number of ether oxygens (including phenoxy) is 2. The second-order valence-electron chi connectivity index (χ2n) is 6.10. The summed E-state index contributed by atoms with van der Waals surface area (Å²) in [7, 11) is 4.59. The first-order chi connectivity index (χ1) is 12.3. The molecule has 2 unspecified atom stereocenters. The molecule has 25 heavy (non-hydrogen) atoms. The lowest BCUT2D eigenvalue weighted by molar-refractivity contribution is 0.0449. The normalized spacial score (nSPS) is 10.8. The number of benzene rings is 1. The van der Waals surface area contributed by atoms with Crippen LogP contribution in [0.4, 0.5) is 0 Å². The number of hydrogen-bond acceptors (Lipinski definition) is 4. The van der Waals surface area contributed by atoms with Gasteiger partial charge in [-0.1, -0.05) is 32.6 Å². The number of aryl methyl sites for hydroxylation is 1. The predicted octanol–water partition coefficient (Wildman–Crippen LogP) is 5.35. The molecule has 0 heterocycles. The zero-order valence-electron chi connectivity index (χ0n) is 15.5. The minimum absolute atomic E-state index is 0.711. The predicted molar refractivity (Wildman–Crippen MR) is 110 cm³/mol. The molecule has 1 aromatic carbocycles. The summed E-state index contributed by atoms with van der Waals surface area (Å²) in [6, 6.07) is 5.89. The molecule has 6 heteroatoms. The van der Waals surface area contributed by atoms with Gasteiger partial charge in [-0.25, -0.2) is 0 Å². The van der Waals surface area contributed by atoms with Gasteiger partial charge in [-0.15, -0.1) is 0 Å². The maximum Gasteiger partial charge on any atom is 0.125 e. The highest BCUT2D eigenvalue weighted by atomic mass is 31.0. The molecule has 0 aliphatic heterocycles. The Balaban J connectivity index is 1.98. The molecule has 1 aromatic rings. The average Bonchev–Trinajstić information content (AvgIpc) is 2.65. The van der Waals surface area contributed by atoms with E-state index in [1.165, 1.54) is 31.2 Å². The summed E-state index contributed by atoms with van der Waals surface area (Å²) >= 11 is 0. The molecule has 0 aromatic heterocycles. The van der Waals surface area contributed by atoms with Crippen molar-refractivity contribution in [1.29, 1.82) is 0 Å². The first-order valence-electron chi connectivity index (χ1n) is 9.33. The molecule has 0 saturated heterocycles. The van der Waals surface area contributed by atoms with Crippen molar-refractivity contribution in [3.05, 3.63) is 23.8 Å². The minimum atomic E-state index is 0.711. The summed E-state index contributed by atoms with van der Waals surface area (Å²) in [6.07, 6.45) is 9.28. The van der Waals surface area contributed by atoms with Crippen LogP contribution in [0.3, 0.4) is 0 Å². The highest BCUT2D eigenvalue weighted by molar-refractivity contribution is 7.10. The van der Waals surface area contributed by atoms with E-state index in [9.17, 15) is 0 Å². The molecule has 0 fully saturated rings. The van der Waals surface area contributed by atoms with Crippen molar-refractivity contribution in [2.24, 2.45) is 0 Å². The maximum absolute atomic E-state index is 5.61. The molecule has 0 radical (unpaired) electrons. The van der Waals surface area contributed by atoms with Crippen LogP contribution >= 0.6 is 18.9 Å². The SMILES string of the molecule is CCCCCOCCOCCCCCCc1cc(OP)ccc1OP. The lowest BCUT2D eigenvalue weighted by Crippen LogP contribution is -2.06. The monoisotopic (exact) mass is 388 g/mol. The second-order valence-corrected chi connectivity index (χ2v) is 6.57. The number of unbranched alkanes of at least 4 members (excludes halogenated alkanes) is 5. The first kappa shape index (κ1) is 22.6. The van der Waals surface area contributed by atoms with E-state index in [0.717, 1.165) is 57.0 Å². The number of rotatable bonds is 16. The van der Waals surface area contributed by atoms with Crippen LogP contribution in [-0.4, -0.2) is 26.4 Å². The van der Waals surface area contributed by atoms with Crippen LogP contribution in [0.15, 0.2) is 18.2 Å². The van der Waals surface area contributed by atoms with E-state index in [1.54, 1.807) is 0 Å². The Bertz CT molecular complexity index is 443. The van der Waals surface area contributed by atoms with Gasteiger partial charge in [-0.05, 0) is 49.4 Å². The lowest BCUT2D eigenvalue weighted by atomic mass is 10.0. The fourth-order valence-corrected chi connectivity index (χ4v) is 2.97. The molecular formula is C19H34O4P2. The van der Waals surface area contributed by atoms with Crippen LogP contribution in [-0.2, 0) is 15.9 Å². The van der Waals surface area contributed by atoms with E-state index in [2.05, 4.69) is 25.9 Å². The highest BCUT2D eigenvalue weighted by Crippen LogP contribution is 2.28. The van der Waals surface area contributed by atoms with E-state index < -0.39 is 0 Å². The summed E-state index contributed by atoms with van der Waals surface area (Å²) in [4.78, 5) is 0. The topological polar surface area (TPSA) is 36.9 Å². The molecule has 0 aliphatic carbocycles. The lowest BCUT2D eigenvalue weighted by Gasteiger charge is -2.10. The van der Waals surface area contributed by atoms with E-state index in [0.29, 0.717) is 6.61 Å². The van der Waals surface area contributed by atoms with Gasteiger partial charge in [-0.3, -0.25) is 0 Å². The standard InChI is InChI=1S/C19H34O4P2/c1-2-3-7-12-20-14-15-21-13-8-5-4-6-9-17-16-18(22-24)10-11-19(17)23-25/h10-11,16H,2-9,12-15,24-25H2,1H3. The zero-order valence-corrected chi connectivity index (χ0v) is 17.8. The van der Waals surface area contributed by atoms with E-state index >= 15 is 0 Å².